The molecule has 0 aliphatic heterocycles. The van der Waals surface area contributed by atoms with Crippen LogP contribution >= 0.6 is 0 Å². The van der Waals surface area contributed by atoms with Crippen LogP contribution in [-0.2, 0) is 0 Å². The second-order valence-electron chi connectivity index (χ2n) is 5.27. The zero-order chi connectivity index (χ0) is 12.9. The van der Waals surface area contributed by atoms with Gasteiger partial charge in [0.25, 0.3) is 0 Å². The van der Waals surface area contributed by atoms with Crippen LogP contribution in [0, 0.1) is 0 Å². The third-order valence-electron chi connectivity index (χ3n) is 3.06. The minimum atomic E-state index is -0.174. The van der Waals surface area contributed by atoms with Crippen LogP contribution in [0.1, 0.15) is 45.6 Å². The Hall–Kier alpha value is -1.02. The van der Waals surface area contributed by atoms with Gasteiger partial charge in [0.05, 0.1) is 0 Å². The zero-order valence-electron chi connectivity index (χ0n) is 11.7. The number of benzene rings is 1. The average molecular weight is 235 g/mol. The van der Waals surface area contributed by atoms with Gasteiger partial charge in [-0.3, -0.25) is 0 Å². The molecule has 1 atom stereocenters. The van der Waals surface area contributed by atoms with Crippen LogP contribution in [0.3, 0.4) is 0 Å². The first-order valence-electron chi connectivity index (χ1n) is 6.42. The van der Waals surface area contributed by atoms with E-state index in [0.29, 0.717) is 5.92 Å². The summed E-state index contributed by atoms with van der Waals surface area (Å²) in [6, 6.07) is 8.47. The topological polar surface area (TPSA) is 21.3 Å². The van der Waals surface area contributed by atoms with Crippen LogP contribution in [-0.4, -0.2) is 19.2 Å². The Bertz CT molecular complexity index is 329. The smallest absolute Gasteiger partial charge is 0.120 e. The minimum absolute atomic E-state index is 0.174. The molecule has 0 aliphatic rings. The summed E-state index contributed by atoms with van der Waals surface area (Å²) >= 11 is 0. The van der Waals surface area contributed by atoms with Crippen LogP contribution < -0.4 is 10.1 Å². The van der Waals surface area contributed by atoms with Crippen LogP contribution in [0.15, 0.2) is 24.3 Å². The minimum Gasteiger partial charge on any atom is -0.487 e. The van der Waals surface area contributed by atoms with E-state index in [1.165, 1.54) is 12.0 Å². The lowest BCUT2D eigenvalue weighted by molar-refractivity contribution is 0.110. The highest BCUT2D eigenvalue weighted by atomic mass is 16.5. The fourth-order valence-electron chi connectivity index (χ4n) is 1.88. The van der Waals surface area contributed by atoms with E-state index in [0.717, 1.165) is 12.3 Å². The van der Waals surface area contributed by atoms with Gasteiger partial charge in [0.1, 0.15) is 11.4 Å². The maximum absolute atomic E-state index is 5.95. The van der Waals surface area contributed by atoms with Crippen molar-refractivity contribution in [3.63, 3.8) is 0 Å². The fourth-order valence-corrected chi connectivity index (χ4v) is 1.88. The van der Waals surface area contributed by atoms with Gasteiger partial charge in [-0.2, -0.15) is 0 Å². The Morgan fingerprint density at radius 2 is 1.82 bits per heavy atom. The van der Waals surface area contributed by atoms with Crippen LogP contribution in [0.25, 0.3) is 0 Å². The molecule has 0 radical (unpaired) electrons. The molecule has 1 aromatic rings. The molecule has 1 aromatic carbocycles. The first kappa shape index (κ1) is 14.0. The maximum atomic E-state index is 5.95. The Labute approximate surface area is 105 Å². The molecule has 2 heteroatoms. The molecule has 0 aliphatic carbocycles. The maximum Gasteiger partial charge on any atom is 0.120 e. The number of ether oxygens (including phenoxy) is 1. The molecule has 0 fully saturated rings. The van der Waals surface area contributed by atoms with E-state index >= 15 is 0 Å². The number of hydrogen-bond donors (Lipinski definition) is 1. The van der Waals surface area contributed by atoms with Crippen molar-refractivity contribution in [2.45, 2.75) is 45.6 Å². The molecule has 17 heavy (non-hydrogen) atoms. The molecular formula is C15H25NO. The molecule has 0 aromatic heterocycles. The Kier molecular flexibility index (Phi) is 5.01. The summed E-state index contributed by atoms with van der Waals surface area (Å²) in [4.78, 5) is 0. The van der Waals surface area contributed by atoms with E-state index in [9.17, 15) is 0 Å². The molecule has 1 unspecified atom stereocenters. The second kappa shape index (κ2) is 6.06. The zero-order valence-corrected chi connectivity index (χ0v) is 11.7. The van der Waals surface area contributed by atoms with Gasteiger partial charge in [-0.25, -0.2) is 0 Å². The van der Waals surface area contributed by atoms with E-state index in [4.69, 9.17) is 4.74 Å². The summed E-state index contributed by atoms with van der Waals surface area (Å²) in [5, 5.41) is 3.14. The first-order valence-corrected chi connectivity index (χ1v) is 6.42. The molecule has 96 valence electrons. The molecule has 0 saturated heterocycles. The van der Waals surface area contributed by atoms with Crippen molar-refractivity contribution in [1.82, 2.24) is 5.32 Å². The number of likely N-dealkylation sites (N-methyl/N-ethyl adjacent to an activating group) is 1. The molecule has 2 nitrogen and oxygen atoms in total. The SMILES string of the molecule is CCC(C)c1ccc(OC(C)(C)CNC)cc1. The van der Waals surface area contributed by atoms with Gasteiger partial charge in [0.2, 0.25) is 0 Å². The lowest BCUT2D eigenvalue weighted by atomic mass is 9.99. The van der Waals surface area contributed by atoms with Crippen molar-refractivity contribution in [2.75, 3.05) is 13.6 Å². The second-order valence-corrected chi connectivity index (χ2v) is 5.27. The molecule has 0 bridgehead atoms. The normalized spacial score (nSPS) is 13.5. The highest BCUT2D eigenvalue weighted by molar-refractivity contribution is 5.29. The summed E-state index contributed by atoms with van der Waals surface area (Å²) in [6.45, 7) is 9.48. The van der Waals surface area contributed by atoms with Crippen molar-refractivity contribution < 1.29 is 4.74 Å². The summed E-state index contributed by atoms with van der Waals surface area (Å²) in [7, 11) is 1.94. The van der Waals surface area contributed by atoms with Crippen molar-refractivity contribution in [3.8, 4) is 5.75 Å². The molecule has 0 saturated carbocycles. The third-order valence-corrected chi connectivity index (χ3v) is 3.06. The van der Waals surface area contributed by atoms with Gasteiger partial charge in [-0.05, 0) is 50.9 Å². The predicted molar refractivity (Wildman–Crippen MR) is 73.8 cm³/mol. The Morgan fingerprint density at radius 3 is 2.29 bits per heavy atom. The molecular weight excluding hydrogens is 210 g/mol. The lowest BCUT2D eigenvalue weighted by Crippen LogP contribution is -2.38. The van der Waals surface area contributed by atoms with Gasteiger partial charge < -0.3 is 10.1 Å². The van der Waals surface area contributed by atoms with E-state index in [-0.39, 0.29) is 5.60 Å². The summed E-state index contributed by atoms with van der Waals surface area (Å²) in [5.74, 6) is 1.56. The summed E-state index contributed by atoms with van der Waals surface area (Å²) < 4.78 is 5.95. The van der Waals surface area contributed by atoms with E-state index < -0.39 is 0 Å². The Balaban J connectivity index is 2.68. The predicted octanol–water partition coefficient (Wildman–Crippen LogP) is 3.58. The third kappa shape index (κ3) is 4.39. The first-order chi connectivity index (χ1) is 7.98. The van der Waals surface area contributed by atoms with Crippen molar-refractivity contribution >= 4 is 0 Å². The number of nitrogens with one attached hydrogen (secondary N) is 1. The van der Waals surface area contributed by atoms with Crippen LogP contribution in [0.5, 0.6) is 5.75 Å². The van der Waals surface area contributed by atoms with Crippen molar-refractivity contribution in [2.24, 2.45) is 0 Å². The van der Waals surface area contributed by atoms with Gasteiger partial charge in [0.15, 0.2) is 0 Å². The molecule has 0 spiro atoms. The van der Waals surface area contributed by atoms with Crippen molar-refractivity contribution in [3.05, 3.63) is 29.8 Å². The standard InChI is InChI=1S/C15H25NO/c1-6-12(2)13-7-9-14(10-8-13)17-15(3,4)11-16-5/h7-10,12,16H,6,11H2,1-5H3. The number of hydrogen-bond acceptors (Lipinski definition) is 2. The molecule has 0 heterocycles. The van der Waals surface area contributed by atoms with Crippen molar-refractivity contribution in [1.29, 1.82) is 0 Å². The highest BCUT2D eigenvalue weighted by Crippen LogP contribution is 2.23. The van der Waals surface area contributed by atoms with E-state index in [1.807, 2.05) is 7.05 Å². The van der Waals surface area contributed by atoms with Gasteiger partial charge in [0, 0.05) is 6.54 Å². The largest absolute Gasteiger partial charge is 0.487 e. The fraction of sp³-hybridized carbons (Fsp3) is 0.600. The molecule has 1 rings (SSSR count). The van der Waals surface area contributed by atoms with Gasteiger partial charge in [-0.15, -0.1) is 0 Å². The van der Waals surface area contributed by atoms with E-state index in [1.54, 1.807) is 0 Å². The summed E-state index contributed by atoms with van der Waals surface area (Å²) in [5.41, 5.74) is 1.21. The Morgan fingerprint density at radius 1 is 1.24 bits per heavy atom. The monoisotopic (exact) mass is 235 g/mol. The van der Waals surface area contributed by atoms with Crippen LogP contribution in [0.2, 0.25) is 0 Å². The molecule has 1 N–H and O–H groups in total. The quantitative estimate of drug-likeness (QED) is 0.813. The van der Waals surface area contributed by atoms with Gasteiger partial charge >= 0.3 is 0 Å². The highest BCUT2D eigenvalue weighted by Gasteiger charge is 2.18. The van der Waals surface area contributed by atoms with Gasteiger partial charge in [-0.1, -0.05) is 26.0 Å². The van der Waals surface area contributed by atoms with Crippen LogP contribution in [0.4, 0.5) is 0 Å². The molecule has 0 amide bonds. The van der Waals surface area contributed by atoms with E-state index in [2.05, 4.69) is 57.3 Å². The summed E-state index contributed by atoms with van der Waals surface area (Å²) in [6.07, 6.45) is 1.17. The lowest BCUT2D eigenvalue weighted by Gasteiger charge is -2.26. The number of rotatable bonds is 6. The average Bonchev–Trinajstić information content (AvgIpc) is 2.28.